The molecule has 6 nitrogen and oxygen atoms in total. The van der Waals surface area contributed by atoms with Crippen LogP contribution in [0.4, 0.5) is 11.8 Å². The van der Waals surface area contributed by atoms with Crippen molar-refractivity contribution in [1.82, 2.24) is 9.97 Å². The first-order valence-corrected chi connectivity index (χ1v) is 11.2. The topological polar surface area (TPSA) is 78.1 Å². The van der Waals surface area contributed by atoms with E-state index in [2.05, 4.69) is 15.2 Å². The van der Waals surface area contributed by atoms with Gasteiger partial charge in [-0.05, 0) is 49.8 Å². The molecule has 1 aromatic heterocycles. The van der Waals surface area contributed by atoms with Crippen molar-refractivity contribution in [3.05, 3.63) is 61.0 Å². The number of rotatable bonds is 2. The van der Waals surface area contributed by atoms with Crippen LogP contribution in [0.5, 0.6) is 0 Å². The lowest BCUT2D eigenvalue weighted by atomic mass is 9.76. The molecule has 0 unspecified atom stereocenters. The normalized spacial score (nSPS) is 21.2. The highest BCUT2D eigenvalue weighted by molar-refractivity contribution is 6.35. The number of ketones is 1. The van der Waals surface area contributed by atoms with Gasteiger partial charge in [-0.2, -0.15) is 4.98 Å². The van der Waals surface area contributed by atoms with Crippen LogP contribution in [0.15, 0.2) is 34.3 Å². The molecule has 8 heteroatoms. The standard InChI is InChI=1S/C22H22Cl2N4O2/c23-12-7-8-13(14(24)11-12)17-18-15(5-4-6-16(18)29)25-20-19(17)21(30)27-22(26-20)28-9-2-1-3-10-28/h7-8,11,17H,1-6,9-10H2,(H2,25,26,27,30)/t17-/m0/s1. The van der Waals surface area contributed by atoms with Gasteiger partial charge >= 0.3 is 0 Å². The zero-order valence-electron chi connectivity index (χ0n) is 16.4. The van der Waals surface area contributed by atoms with Gasteiger partial charge in [0.2, 0.25) is 5.95 Å². The number of benzene rings is 1. The molecule has 156 valence electrons. The van der Waals surface area contributed by atoms with Gasteiger partial charge in [0.15, 0.2) is 5.78 Å². The first-order chi connectivity index (χ1) is 14.5. The number of fused-ring (bicyclic) bond motifs is 1. The minimum absolute atomic E-state index is 0.0462. The maximum atomic E-state index is 13.3. The lowest BCUT2D eigenvalue weighted by Crippen LogP contribution is -2.36. The van der Waals surface area contributed by atoms with Crippen molar-refractivity contribution >= 4 is 40.8 Å². The molecule has 2 aromatic rings. The number of halogens is 2. The second-order valence-electron chi connectivity index (χ2n) is 8.09. The minimum atomic E-state index is -0.555. The summed E-state index contributed by atoms with van der Waals surface area (Å²) < 4.78 is 0. The van der Waals surface area contributed by atoms with Crippen molar-refractivity contribution in [3.63, 3.8) is 0 Å². The Kier molecular flexibility index (Phi) is 5.07. The molecule has 2 N–H and O–H groups in total. The first kappa shape index (κ1) is 19.6. The number of aromatic amines is 1. The Balaban J connectivity index is 1.69. The predicted octanol–water partition coefficient (Wildman–Crippen LogP) is 4.63. The summed E-state index contributed by atoms with van der Waals surface area (Å²) in [7, 11) is 0. The van der Waals surface area contributed by atoms with E-state index in [0.717, 1.165) is 44.5 Å². The van der Waals surface area contributed by atoms with Gasteiger partial charge in [-0.25, -0.2) is 0 Å². The highest BCUT2D eigenvalue weighted by atomic mass is 35.5. The van der Waals surface area contributed by atoms with E-state index < -0.39 is 5.92 Å². The Morgan fingerprint density at radius 3 is 2.60 bits per heavy atom. The molecule has 30 heavy (non-hydrogen) atoms. The van der Waals surface area contributed by atoms with Gasteiger partial charge in [0, 0.05) is 46.7 Å². The van der Waals surface area contributed by atoms with E-state index in [0.29, 0.717) is 44.9 Å². The maximum absolute atomic E-state index is 13.3. The quantitative estimate of drug-likeness (QED) is 0.705. The number of H-pyrrole nitrogens is 1. The first-order valence-electron chi connectivity index (χ1n) is 10.4. The number of aromatic nitrogens is 2. The summed E-state index contributed by atoms with van der Waals surface area (Å²) in [4.78, 5) is 36.1. The van der Waals surface area contributed by atoms with Crippen molar-refractivity contribution in [1.29, 1.82) is 0 Å². The average Bonchev–Trinajstić information content (AvgIpc) is 2.73. The molecule has 0 spiro atoms. The van der Waals surface area contributed by atoms with Crippen LogP contribution in [0.25, 0.3) is 0 Å². The van der Waals surface area contributed by atoms with Crippen LogP contribution in [-0.4, -0.2) is 28.8 Å². The number of anilines is 2. The molecule has 0 radical (unpaired) electrons. The summed E-state index contributed by atoms with van der Waals surface area (Å²) in [6.07, 6.45) is 5.36. The van der Waals surface area contributed by atoms with Gasteiger partial charge in [0.1, 0.15) is 5.82 Å². The number of piperidine rings is 1. The fourth-order valence-electron chi connectivity index (χ4n) is 4.75. The van der Waals surface area contributed by atoms with Crippen LogP contribution in [0.3, 0.4) is 0 Å². The fraction of sp³-hybridized carbons (Fsp3) is 0.409. The van der Waals surface area contributed by atoms with Crippen molar-refractivity contribution in [2.75, 3.05) is 23.3 Å². The highest BCUT2D eigenvalue weighted by Crippen LogP contribution is 2.45. The van der Waals surface area contributed by atoms with Gasteiger partial charge in [0.05, 0.1) is 5.56 Å². The lowest BCUT2D eigenvalue weighted by molar-refractivity contribution is -0.116. The minimum Gasteiger partial charge on any atom is -0.343 e. The SMILES string of the molecule is O=C1CCCC2=C1[C@H](c1ccc(Cl)cc1Cl)c1c(nc(N3CCCCC3)[nH]c1=O)N2. The summed E-state index contributed by atoms with van der Waals surface area (Å²) in [5, 5.41) is 4.26. The summed E-state index contributed by atoms with van der Waals surface area (Å²) in [6, 6.07) is 5.19. The van der Waals surface area contributed by atoms with Crippen LogP contribution in [-0.2, 0) is 4.79 Å². The Labute approximate surface area is 184 Å². The Morgan fingerprint density at radius 2 is 1.83 bits per heavy atom. The Morgan fingerprint density at radius 1 is 1.03 bits per heavy atom. The number of carbonyl (C=O) groups is 1. The number of nitrogens with one attached hydrogen (secondary N) is 2. The van der Waals surface area contributed by atoms with Crippen LogP contribution < -0.4 is 15.8 Å². The van der Waals surface area contributed by atoms with E-state index in [4.69, 9.17) is 28.2 Å². The van der Waals surface area contributed by atoms with Crippen LogP contribution in [0.2, 0.25) is 10.0 Å². The van der Waals surface area contributed by atoms with Gasteiger partial charge in [-0.3, -0.25) is 14.6 Å². The maximum Gasteiger partial charge on any atom is 0.258 e. The molecule has 1 atom stereocenters. The van der Waals surface area contributed by atoms with E-state index in [9.17, 15) is 9.59 Å². The molecule has 2 aliphatic heterocycles. The molecule has 1 saturated heterocycles. The molecule has 3 heterocycles. The van der Waals surface area contributed by atoms with Gasteiger partial charge < -0.3 is 10.2 Å². The molecular formula is C22H22Cl2N4O2. The smallest absolute Gasteiger partial charge is 0.258 e. The lowest BCUT2D eigenvalue weighted by Gasteiger charge is -2.34. The number of hydrogen-bond donors (Lipinski definition) is 2. The zero-order chi connectivity index (χ0) is 20.8. The molecule has 0 amide bonds. The molecular weight excluding hydrogens is 423 g/mol. The number of carbonyl (C=O) groups excluding carboxylic acids is 1. The molecule has 1 aliphatic carbocycles. The van der Waals surface area contributed by atoms with Gasteiger partial charge in [-0.15, -0.1) is 0 Å². The van der Waals surface area contributed by atoms with Crippen molar-refractivity contribution in [2.45, 2.75) is 44.4 Å². The summed E-state index contributed by atoms with van der Waals surface area (Å²) in [6.45, 7) is 1.75. The largest absolute Gasteiger partial charge is 0.343 e. The van der Waals surface area contributed by atoms with Gasteiger partial charge in [-0.1, -0.05) is 29.3 Å². The molecule has 5 rings (SSSR count). The summed E-state index contributed by atoms with van der Waals surface area (Å²) in [5.74, 6) is 0.590. The summed E-state index contributed by atoms with van der Waals surface area (Å²) in [5.41, 5.74) is 2.36. The van der Waals surface area contributed by atoms with E-state index >= 15 is 0 Å². The molecule has 3 aliphatic rings. The third-order valence-electron chi connectivity index (χ3n) is 6.17. The van der Waals surface area contributed by atoms with Crippen LogP contribution in [0, 0.1) is 0 Å². The molecule has 1 fully saturated rings. The van der Waals surface area contributed by atoms with Crippen molar-refractivity contribution in [2.24, 2.45) is 0 Å². The predicted molar refractivity (Wildman–Crippen MR) is 119 cm³/mol. The van der Waals surface area contributed by atoms with Crippen molar-refractivity contribution < 1.29 is 4.79 Å². The number of nitrogens with zero attached hydrogens (tertiary/aromatic N) is 2. The monoisotopic (exact) mass is 444 g/mol. The van der Waals surface area contributed by atoms with Crippen molar-refractivity contribution in [3.8, 4) is 0 Å². The number of allylic oxidation sites excluding steroid dienone is 2. The summed E-state index contributed by atoms with van der Waals surface area (Å²) >= 11 is 12.6. The fourth-order valence-corrected chi connectivity index (χ4v) is 5.27. The second kappa shape index (κ2) is 7.75. The molecule has 0 saturated carbocycles. The Hall–Kier alpha value is -2.31. The second-order valence-corrected chi connectivity index (χ2v) is 8.94. The Bertz CT molecular complexity index is 1120. The van der Waals surface area contributed by atoms with E-state index in [1.807, 2.05) is 0 Å². The highest BCUT2D eigenvalue weighted by Gasteiger charge is 2.39. The third-order valence-corrected chi connectivity index (χ3v) is 6.74. The number of hydrogen-bond acceptors (Lipinski definition) is 5. The van der Waals surface area contributed by atoms with E-state index in [-0.39, 0.29) is 11.3 Å². The molecule has 1 aromatic carbocycles. The van der Waals surface area contributed by atoms with Gasteiger partial charge in [0.25, 0.3) is 5.56 Å². The average molecular weight is 445 g/mol. The third kappa shape index (κ3) is 3.32. The van der Waals surface area contributed by atoms with E-state index in [1.54, 1.807) is 18.2 Å². The number of Topliss-reactive ketones (excluding diaryl/α,β-unsaturated/α-hetero) is 1. The van der Waals surface area contributed by atoms with Crippen LogP contribution >= 0.6 is 23.2 Å². The van der Waals surface area contributed by atoms with Crippen LogP contribution in [0.1, 0.15) is 55.6 Å². The zero-order valence-corrected chi connectivity index (χ0v) is 17.9. The van der Waals surface area contributed by atoms with E-state index in [1.165, 1.54) is 6.42 Å². The molecule has 0 bridgehead atoms.